The molecule has 0 saturated carbocycles. The number of rotatable bonds is 7. The molecule has 0 aromatic rings. The van der Waals surface area contributed by atoms with E-state index in [9.17, 15) is 8.42 Å². The van der Waals surface area contributed by atoms with Crippen LogP contribution < -0.4 is 4.72 Å². The molecule has 0 saturated heterocycles. The van der Waals surface area contributed by atoms with E-state index < -0.39 is 35.5 Å². The van der Waals surface area contributed by atoms with E-state index in [-0.39, 0.29) is 13.0 Å². The van der Waals surface area contributed by atoms with Crippen LogP contribution in [0.2, 0.25) is 0 Å². The molecule has 86 valence electrons. The van der Waals surface area contributed by atoms with Crippen molar-refractivity contribution in [3.05, 3.63) is 0 Å². The van der Waals surface area contributed by atoms with Gasteiger partial charge in [-0.15, -0.1) is 0 Å². The molecule has 7 nitrogen and oxygen atoms in total. The minimum Gasteiger partial charge on any atom is -0.396 e. The molecule has 0 radical (unpaired) electrons. The molecule has 0 rings (SSSR count). The SMILES string of the molecule is O=S(=O)(O)NCCC(CO)(CO)CO. The smallest absolute Gasteiger partial charge is 0.333 e. The molecule has 0 amide bonds. The molecule has 0 aromatic carbocycles. The zero-order chi connectivity index (χ0) is 11.2. The lowest BCUT2D eigenvalue weighted by Crippen LogP contribution is -2.38. The first-order valence-corrected chi connectivity index (χ1v) is 5.38. The molecule has 0 aliphatic heterocycles. The predicted octanol–water partition coefficient (Wildman–Crippen LogP) is -2.27. The molecule has 0 atom stereocenters. The number of hydrogen-bond donors (Lipinski definition) is 5. The molecule has 0 fully saturated rings. The van der Waals surface area contributed by atoms with Crippen molar-refractivity contribution in [1.29, 1.82) is 0 Å². The Morgan fingerprint density at radius 3 is 1.79 bits per heavy atom. The van der Waals surface area contributed by atoms with Crippen LogP contribution in [0.25, 0.3) is 0 Å². The summed E-state index contributed by atoms with van der Waals surface area (Å²) in [5.41, 5.74) is -1.13. The van der Waals surface area contributed by atoms with Crippen molar-refractivity contribution in [3.8, 4) is 0 Å². The van der Waals surface area contributed by atoms with Crippen LogP contribution in [-0.4, -0.2) is 54.7 Å². The maximum Gasteiger partial charge on any atom is 0.333 e. The van der Waals surface area contributed by atoms with Gasteiger partial charge in [0.1, 0.15) is 0 Å². The lowest BCUT2D eigenvalue weighted by molar-refractivity contribution is 0.000578. The van der Waals surface area contributed by atoms with Crippen LogP contribution in [0.3, 0.4) is 0 Å². The first-order valence-electron chi connectivity index (χ1n) is 3.94. The molecule has 0 heterocycles. The van der Waals surface area contributed by atoms with Crippen molar-refractivity contribution in [2.24, 2.45) is 5.41 Å². The molecule has 0 spiro atoms. The van der Waals surface area contributed by atoms with Crippen LogP contribution in [-0.2, 0) is 10.3 Å². The molecule has 0 aliphatic carbocycles. The summed E-state index contributed by atoms with van der Waals surface area (Å²) in [5, 5.41) is 26.5. The second kappa shape index (κ2) is 5.59. The first kappa shape index (κ1) is 13.8. The highest BCUT2D eigenvalue weighted by Crippen LogP contribution is 2.18. The molecule has 0 unspecified atom stereocenters. The Hall–Kier alpha value is -0.250. The molecular weight excluding hydrogens is 214 g/mol. The maximum absolute atomic E-state index is 10.2. The van der Waals surface area contributed by atoms with Gasteiger partial charge in [0.15, 0.2) is 0 Å². The fraction of sp³-hybridized carbons (Fsp3) is 1.00. The van der Waals surface area contributed by atoms with E-state index in [1.54, 1.807) is 4.72 Å². The van der Waals surface area contributed by atoms with Gasteiger partial charge in [-0.1, -0.05) is 0 Å². The van der Waals surface area contributed by atoms with Crippen molar-refractivity contribution >= 4 is 10.3 Å². The van der Waals surface area contributed by atoms with E-state index in [0.29, 0.717) is 0 Å². The second-order valence-electron chi connectivity index (χ2n) is 3.09. The largest absolute Gasteiger partial charge is 0.396 e. The molecule has 5 N–H and O–H groups in total. The van der Waals surface area contributed by atoms with Crippen molar-refractivity contribution in [1.82, 2.24) is 4.72 Å². The third-order valence-corrected chi connectivity index (χ3v) is 2.51. The summed E-state index contributed by atoms with van der Waals surface area (Å²) in [5.74, 6) is 0. The van der Waals surface area contributed by atoms with Crippen LogP contribution in [0.15, 0.2) is 0 Å². The van der Waals surface area contributed by atoms with Gasteiger partial charge < -0.3 is 15.3 Å². The van der Waals surface area contributed by atoms with Crippen LogP contribution >= 0.6 is 0 Å². The fourth-order valence-corrected chi connectivity index (χ4v) is 1.19. The summed E-state index contributed by atoms with van der Waals surface area (Å²) in [6.07, 6.45) is 0.0241. The molecule has 0 aromatic heterocycles. The summed E-state index contributed by atoms with van der Waals surface area (Å²) in [4.78, 5) is 0. The average Bonchev–Trinajstić information content (AvgIpc) is 2.11. The van der Waals surface area contributed by atoms with E-state index in [4.69, 9.17) is 19.9 Å². The van der Waals surface area contributed by atoms with Crippen molar-refractivity contribution in [2.75, 3.05) is 26.4 Å². The standard InChI is InChI=1S/C6H15NO6S/c8-3-6(4-9,5-10)1-2-7-14(11,12)13/h7-10H,1-5H2,(H,11,12,13). The molecule has 0 aliphatic rings. The fourth-order valence-electron chi connectivity index (χ4n) is 0.832. The van der Waals surface area contributed by atoms with Crippen LogP contribution in [0.5, 0.6) is 0 Å². The quantitative estimate of drug-likeness (QED) is 0.313. The van der Waals surface area contributed by atoms with E-state index in [2.05, 4.69) is 0 Å². The monoisotopic (exact) mass is 229 g/mol. The third-order valence-electron chi connectivity index (χ3n) is 1.95. The summed E-state index contributed by atoms with van der Waals surface area (Å²) in [6.45, 7) is -1.56. The van der Waals surface area contributed by atoms with Gasteiger partial charge in [0.25, 0.3) is 0 Å². The minimum atomic E-state index is -4.27. The maximum atomic E-state index is 10.2. The summed E-state index contributed by atoms with van der Waals surface area (Å²) in [6, 6.07) is 0. The number of aliphatic hydroxyl groups excluding tert-OH is 3. The molecule has 0 bridgehead atoms. The van der Waals surface area contributed by atoms with E-state index in [1.807, 2.05) is 0 Å². The van der Waals surface area contributed by atoms with E-state index >= 15 is 0 Å². The van der Waals surface area contributed by atoms with Crippen LogP contribution in [0, 0.1) is 5.41 Å². The zero-order valence-corrected chi connectivity index (χ0v) is 8.37. The number of nitrogens with one attached hydrogen (secondary N) is 1. The van der Waals surface area contributed by atoms with Gasteiger partial charge in [0, 0.05) is 12.0 Å². The van der Waals surface area contributed by atoms with E-state index in [1.165, 1.54) is 0 Å². The molecule has 14 heavy (non-hydrogen) atoms. The Labute approximate surface area is 82.3 Å². The Balaban J connectivity index is 4.08. The van der Waals surface area contributed by atoms with Gasteiger partial charge in [0.2, 0.25) is 0 Å². The zero-order valence-electron chi connectivity index (χ0n) is 7.55. The topological polar surface area (TPSA) is 127 Å². The van der Waals surface area contributed by atoms with Gasteiger partial charge in [-0.3, -0.25) is 4.55 Å². The van der Waals surface area contributed by atoms with Gasteiger partial charge in [-0.2, -0.15) is 13.1 Å². The molecular formula is C6H15NO6S. The Bertz CT molecular complexity index is 239. The predicted molar refractivity (Wildman–Crippen MR) is 47.9 cm³/mol. The van der Waals surface area contributed by atoms with Crippen molar-refractivity contribution < 1.29 is 28.3 Å². The van der Waals surface area contributed by atoms with Crippen molar-refractivity contribution in [3.63, 3.8) is 0 Å². The third kappa shape index (κ3) is 4.84. The van der Waals surface area contributed by atoms with Gasteiger partial charge in [0.05, 0.1) is 19.8 Å². The lowest BCUT2D eigenvalue weighted by atomic mass is 9.87. The van der Waals surface area contributed by atoms with Crippen LogP contribution in [0.1, 0.15) is 6.42 Å². The normalized spacial score (nSPS) is 13.1. The Morgan fingerprint density at radius 1 is 1.07 bits per heavy atom. The van der Waals surface area contributed by atoms with Gasteiger partial charge in [-0.25, -0.2) is 0 Å². The highest BCUT2D eigenvalue weighted by molar-refractivity contribution is 7.83. The van der Waals surface area contributed by atoms with Gasteiger partial charge >= 0.3 is 10.3 Å². The highest BCUT2D eigenvalue weighted by atomic mass is 32.2. The number of hydrogen-bond acceptors (Lipinski definition) is 5. The van der Waals surface area contributed by atoms with Crippen LogP contribution in [0.4, 0.5) is 0 Å². The Morgan fingerprint density at radius 2 is 1.50 bits per heavy atom. The minimum absolute atomic E-state index is 0.0241. The second-order valence-corrected chi connectivity index (χ2v) is 4.33. The Kier molecular flexibility index (Phi) is 5.49. The lowest BCUT2D eigenvalue weighted by Gasteiger charge is -2.26. The summed E-state index contributed by atoms with van der Waals surface area (Å²) >= 11 is 0. The summed E-state index contributed by atoms with van der Waals surface area (Å²) in [7, 11) is -4.27. The van der Waals surface area contributed by atoms with Gasteiger partial charge in [-0.05, 0) is 6.42 Å². The summed E-state index contributed by atoms with van der Waals surface area (Å²) < 4.78 is 30.6. The molecule has 8 heteroatoms. The van der Waals surface area contributed by atoms with Crippen molar-refractivity contribution in [2.45, 2.75) is 6.42 Å². The average molecular weight is 229 g/mol. The number of aliphatic hydroxyl groups is 3. The first-order chi connectivity index (χ1) is 6.39. The van der Waals surface area contributed by atoms with E-state index in [0.717, 1.165) is 0 Å². The highest BCUT2D eigenvalue weighted by Gasteiger charge is 2.27.